The van der Waals surface area contributed by atoms with Gasteiger partial charge < -0.3 is 9.63 Å². The van der Waals surface area contributed by atoms with Crippen molar-refractivity contribution >= 4 is 0 Å². The van der Waals surface area contributed by atoms with Gasteiger partial charge in [-0.2, -0.15) is 10.1 Å². The second-order valence-corrected chi connectivity index (χ2v) is 5.52. The summed E-state index contributed by atoms with van der Waals surface area (Å²) in [7, 11) is 0. The van der Waals surface area contributed by atoms with Crippen LogP contribution >= 0.6 is 0 Å². The molecule has 0 atom stereocenters. The summed E-state index contributed by atoms with van der Waals surface area (Å²) in [4.78, 5) is 8.76. The molecular weight excluding hydrogens is 318 g/mol. The minimum atomic E-state index is 0.00365. The molecule has 0 spiro atoms. The largest absolute Gasteiger partial charge is 0.392 e. The Morgan fingerprint density at radius 3 is 2.68 bits per heavy atom. The molecule has 0 aliphatic rings. The van der Waals surface area contributed by atoms with Gasteiger partial charge in [0.15, 0.2) is 5.82 Å². The van der Waals surface area contributed by atoms with Crippen LogP contribution in [0.1, 0.15) is 11.3 Å². The number of benzene rings is 1. The highest BCUT2D eigenvalue weighted by atomic mass is 16.5. The molecule has 0 amide bonds. The molecule has 1 N–H and O–H groups in total. The van der Waals surface area contributed by atoms with Crippen molar-refractivity contribution in [3.63, 3.8) is 0 Å². The molecule has 0 unspecified atom stereocenters. The van der Waals surface area contributed by atoms with E-state index in [1.807, 2.05) is 49.4 Å². The Hall–Kier alpha value is -3.32. The van der Waals surface area contributed by atoms with E-state index in [2.05, 4.69) is 20.2 Å². The molecule has 3 aromatic heterocycles. The summed E-state index contributed by atoms with van der Waals surface area (Å²) in [6.45, 7) is 1.93. The summed E-state index contributed by atoms with van der Waals surface area (Å²) >= 11 is 0. The third kappa shape index (κ3) is 2.81. The van der Waals surface area contributed by atoms with Crippen LogP contribution in [0, 0.1) is 6.92 Å². The van der Waals surface area contributed by atoms with E-state index in [1.54, 1.807) is 17.1 Å². The summed E-state index contributed by atoms with van der Waals surface area (Å²) in [5, 5.41) is 17.5. The van der Waals surface area contributed by atoms with Crippen LogP contribution in [-0.2, 0) is 6.61 Å². The summed E-state index contributed by atoms with van der Waals surface area (Å²) in [5.41, 5.74) is 3.28. The maximum atomic E-state index is 9.11. The lowest BCUT2D eigenvalue weighted by Crippen LogP contribution is -2.00. The Morgan fingerprint density at radius 2 is 1.96 bits per heavy atom. The molecule has 4 rings (SSSR count). The van der Waals surface area contributed by atoms with Gasteiger partial charge in [-0.3, -0.25) is 0 Å². The van der Waals surface area contributed by atoms with Crippen molar-refractivity contribution in [2.24, 2.45) is 0 Å². The number of aromatic nitrogens is 5. The van der Waals surface area contributed by atoms with Crippen molar-refractivity contribution < 1.29 is 9.63 Å². The highest BCUT2D eigenvalue weighted by Crippen LogP contribution is 2.25. The van der Waals surface area contributed by atoms with Gasteiger partial charge in [-0.1, -0.05) is 35.5 Å². The maximum Gasteiger partial charge on any atom is 0.261 e. The van der Waals surface area contributed by atoms with Crippen LogP contribution in [0.2, 0.25) is 0 Å². The predicted octanol–water partition coefficient (Wildman–Crippen LogP) is 2.79. The fraction of sp³-hybridized carbons (Fsp3) is 0.111. The minimum Gasteiger partial charge on any atom is -0.392 e. The van der Waals surface area contributed by atoms with Crippen LogP contribution in [0.4, 0.5) is 0 Å². The van der Waals surface area contributed by atoms with Crippen LogP contribution in [0.15, 0.2) is 59.4 Å². The summed E-state index contributed by atoms with van der Waals surface area (Å²) in [5.74, 6) is 1.62. The van der Waals surface area contributed by atoms with E-state index in [1.165, 1.54) is 0 Å². The molecule has 4 aromatic rings. The quantitative estimate of drug-likeness (QED) is 0.617. The Kier molecular flexibility index (Phi) is 3.83. The van der Waals surface area contributed by atoms with Crippen molar-refractivity contribution in [3.05, 3.63) is 66.1 Å². The van der Waals surface area contributed by atoms with E-state index in [0.717, 1.165) is 28.2 Å². The molecule has 7 heteroatoms. The standard InChI is InChI=1S/C18H15N5O2/c1-12-15(10-20-23(12)16-4-2-3-9-19-16)18-21-17(22-25-18)14-7-5-13(11-24)6-8-14/h2-10,24H,11H2,1H3. The molecule has 0 saturated carbocycles. The van der Waals surface area contributed by atoms with E-state index in [-0.39, 0.29) is 6.61 Å². The zero-order valence-corrected chi connectivity index (χ0v) is 13.5. The molecule has 0 aliphatic carbocycles. The van der Waals surface area contributed by atoms with Crippen LogP contribution in [0.25, 0.3) is 28.7 Å². The first-order chi connectivity index (χ1) is 12.3. The topological polar surface area (TPSA) is 89.9 Å². The van der Waals surface area contributed by atoms with Crippen molar-refractivity contribution in [1.29, 1.82) is 0 Å². The van der Waals surface area contributed by atoms with E-state index in [9.17, 15) is 0 Å². The van der Waals surface area contributed by atoms with Crippen molar-refractivity contribution in [1.82, 2.24) is 24.9 Å². The molecule has 7 nitrogen and oxygen atoms in total. The van der Waals surface area contributed by atoms with Gasteiger partial charge in [0.05, 0.1) is 24.1 Å². The van der Waals surface area contributed by atoms with Gasteiger partial charge >= 0.3 is 0 Å². The number of rotatable bonds is 4. The number of hydrogen-bond donors (Lipinski definition) is 1. The first kappa shape index (κ1) is 15.2. The molecule has 0 aliphatic heterocycles. The molecule has 1 aromatic carbocycles. The average molecular weight is 333 g/mol. The number of nitrogens with zero attached hydrogens (tertiary/aromatic N) is 5. The minimum absolute atomic E-state index is 0.00365. The monoisotopic (exact) mass is 333 g/mol. The van der Waals surface area contributed by atoms with E-state index in [4.69, 9.17) is 9.63 Å². The molecule has 0 saturated heterocycles. The van der Waals surface area contributed by atoms with Gasteiger partial charge in [-0.25, -0.2) is 9.67 Å². The lowest BCUT2D eigenvalue weighted by atomic mass is 10.1. The van der Waals surface area contributed by atoms with Crippen LogP contribution in [0.3, 0.4) is 0 Å². The molecule has 25 heavy (non-hydrogen) atoms. The Bertz CT molecular complexity index is 990. The zero-order valence-electron chi connectivity index (χ0n) is 13.5. The molecule has 0 bridgehead atoms. The Labute approximate surface area is 143 Å². The lowest BCUT2D eigenvalue weighted by molar-refractivity contribution is 0.282. The maximum absolute atomic E-state index is 9.11. The molecule has 0 radical (unpaired) electrons. The van der Waals surface area contributed by atoms with Crippen LogP contribution < -0.4 is 0 Å². The third-order valence-corrected chi connectivity index (χ3v) is 3.93. The predicted molar refractivity (Wildman–Crippen MR) is 90.7 cm³/mol. The van der Waals surface area contributed by atoms with Gasteiger partial charge in [-0.05, 0) is 24.6 Å². The average Bonchev–Trinajstić information content (AvgIpc) is 3.29. The molecule has 3 heterocycles. The van der Waals surface area contributed by atoms with Crippen molar-refractivity contribution in [3.8, 4) is 28.7 Å². The lowest BCUT2D eigenvalue weighted by Gasteiger charge is -2.02. The first-order valence-corrected chi connectivity index (χ1v) is 7.76. The Morgan fingerprint density at radius 1 is 1.12 bits per heavy atom. The van der Waals surface area contributed by atoms with Gasteiger partial charge in [0.25, 0.3) is 5.89 Å². The zero-order chi connectivity index (χ0) is 17.2. The number of aliphatic hydroxyl groups excluding tert-OH is 1. The highest BCUT2D eigenvalue weighted by Gasteiger charge is 2.17. The van der Waals surface area contributed by atoms with Gasteiger partial charge in [-0.15, -0.1) is 0 Å². The molecule has 0 fully saturated rings. The van der Waals surface area contributed by atoms with Crippen LogP contribution in [0.5, 0.6) is 0 Å². The molecule has 124 valence electrons. The first-order valence-electron chi connectivity index (χ1n) is 7.76. The van der Waals surface area contributed by atoms with E-state index >= 15 is 0 Å². The second kappa shape index (κ2) is 6.29. The van der Waals surface area contributed by atoms with E-state index in [0.29, 0.717) is 11.7 Å². The fourth-order valence-corrected chi connectivity index (χ4v) is 2.54. The van der Waals surface area contributed by atoms with Gasteiger partial charge in [0, 0.05) is 11.8 Å². The van der Waals surface area contributed by atoms with Gasteiger partial charge in [0.2, 0.25) is 5.82 Å². The summed E-state index contributed by atoms with van der Waals surface area (Å²) in [6.07, 6.45) is 3.41. The normalized spacial score (nSPS) is 11.0. The summed E-state index contributed by atoms with van der Waals surface area (Å²) in [6, 6.07) is 13.0. The van der Waals surface area contributed by atoms with E-state index < -0.39 is 0 Å². The Balaban J connectivity index is 1.67. The molecular formula is C18H15N5O2. The van der Waals surface area contributed by atoms with Gasteiger partial charge in [0.1, 0.15) is 0 Å². The number of hydrogen-bond acceptors (Lipinski definition) is 6. The highest BCUT2D eigenvalue weighted by molar-refractivity contribution is 5.61. The van der Waals surface area contributed by atoms with Crippen molar-refractivity contribution in [2.75, 3.05) is 0 Å². The summed E-state index contributed by atoms with van der Waals surface area (Å²) < 4.78 is 7.14. The third-order valence-electron chi connectivity index (χ3n) is 3.93. The number of aliphatic hydroxyl groups is 1. The number of pyridine rings is 1. The SMILES string of the molecule is Cc1c(-c2nc(-c3ccc(CO)cc3)no2)cnn1-c1ccccn1. The van der Waals surface area contributed by atoms with Crippen LogP contribution in [-0.4, -0.2) is 30.0 Å². The second-order valence-electron chi connectivity index (χ2n) is 5.52. The smallest absolute Gasteiger partial charge is 0.261 e. The van der Waals surface area contributed by atoms with Crippen molar-refractivity contribution in [2.45, 2.75) is 13.5 Å². The fourth-order valence-electron chi connectivity index (χ4n) is 2.54.